The Hall–Kier alpha value is -1.82. The molecule has 0 aliphatic carbocycles. The first-order chi connectivity index (χ1) is 9.92. The fourth-order valence-electron chi connectivity index (χ4n) is 2.42. The third-order valence-corrected chi connectivity index (χ3v) is 3.49. The van der Waals surface area contributed by atoms with Gasteiger partial charge in [0.25, 0.3) is 0 Å². The van der Waals surface area contributed by atoms with E-state index in [4.69, 9.17) is 5.73 Å². The quantitative estimate of drug-likeness (QED) is 0.939. The largest absolute Gasteiger partial charge is 0.416 e. The highest BCUT2D eigenvalue weighted by atomic mass is 19.4. The van der Waals surface area contributed by atoms with Crippen LogP contribution in [0.3, 0.4) is 0 Å². The Kier molecular flexibility index (Phi) is 4.37. The van der Waals surface area contributed by atoms with E-state index >= 15 is 0 Å². The van der Waals surface area contributed by atoms with Gasteiger partial charge in [-0.3, -0.25) is 0 Å². The van der Waals surface area contributed by atoms with Crippen LogP contribution in [-0.4, -0.2) is 9.78 Å². The van der Waals surface area contributed by atoms with Gasteiger partial charge in [0.15, 0.2) is 0 Å². The van der Waals surface area contributed by atoms with Gasteiger partial charge >= 0.3 is 6.18 Å². The standard InChI is InChI=1S/C15H18F3N3/c1-3-13-12(9-19)14(4-2)21(20-13)11-7-5-10(6-8-11)15(16,17)18/h5-8H,3-4,9,19H2,1-2H3. The summed E-state index contributed by atoms with van der Waals surface area (Å²) in [4.78, 5) is 0. The molecule has 2 N–H and O–H groups in total. The van der Waals surface area contributed by atoms with Gasteiger partial charge in [0.1, 0.15) is 0 Å². The smallest absolute Gasteiger partial charge is 0.326 e. The lowest BCUT2D eigenvalue weighted by atomic mass is 10.1. The van der Waals surface area contributed by atoms with Gasteiger partial charge in [0.05, 0.1) is 16.9 Å². The molecule has 3 nitrogen and oxygen atoms in total. The summed E-state index contributed by atoms with van der Waals surface area (Å²) in [6.07, 6.45) is -2.86. The van der Waals surface area contributed by atoms with Gasteiger partial charge in [-0.25, -0.2) is 4.68 Å². The fourth-order valence-corrected chi connectivity index (χ4v) is 2.42. The van der Waals surface area contributed by atoms with Crippen molar-refractivity contribution in [2.45, 2.75) is 39.4 Å². The minimum absolute atomic E-state index is 0.382. The molecule has 0 spiro atoms. The molecule has 0 radical (unpaired) electrons. The van der Waals surface area contributed by atoms with E-state index in [-0.39, 0.29) is 0 Å². The van der Waals surface area contributed by atoms with E-state index in [1.165, 1.54) is 12.1 Å². The van der Waals surface area contributed by atoms with Crippen LogP contribution in [0.25, 0.3) is 5.69 Å². The van der Waals surface area contributed by atoms with Gasteiger partial charge in [0.2, 0.25) is 0 Å². The number of aryl methyl sites for hydroxylation is 1. The second kappa shape index (κ2) is 5.89. The van der Waals surface area contributed by atoms with Crippen molar-refractivity contribution in [1.82, 2.24) is 9.78 Å². The normalized spacial score (nSPS) is 11.9. The van der Waals surface area contributed by atoms with Crippen LogP contribution in [-0.2, 0) is 25.6 Å². The highest BCUT2D eigenvalue weighted by Gasteiger charge is 2.30. The second-order valence-electron chi connectivity index (χ2n) is 4.74. The molecule has 2 aromatic rings. The van der Waals surface area contributed by atoms with Crippen molar-refractivity contribution in [2.24, 2.45) is 5.73 Å². The first-order valence-electron chi connectivity index (χ1n) is 6.89. The van der Waals surface area contributed by atoms with Gasteiger partial charge in [-0.15, -0.1) is 0 Å². The molecule has 1 aromatic heterocycles. The summed E-state index contributed by atoms with van der Waals surface area (Å²) in [5.41, 5.74) is 8.57. The van der Waals surface area contributed by atoms with Gasteiger partial charge in [-0.05, 0) is 37.1 Å². The summed E-state index contributed by atoms with van der Waals surface area (Å²) in [6, 6.07) is 5.03. The van der Waals surface area contributed by atoms with E-state index in [9.17, 15) is 13.2 Å². The lowest BCUT2D eigenvalue weighted by Gasteiger charge is -2.10. The maximum atomic E-state index is 12.6. The van der Waals surface area contributed by atoms with E-state index < -0.39 is 11.7 Å². The van der Waals surface area contributed by atoms with E-state index in [0.717, 1.165) is 41.9 Å². The van der Waals surface area contributed by atoms with Gasteiger partial charge in [-0.1, -0.05) is 13.8 Å². The molecule has 2 rings (SSSR count). The summed E-state index contributed by atoms with van der Waals surface area (Å²) < 4.78 is 39.5. The third-order valence-electron chi connectivity index (χ3n) is 3.49. The van der Waals surface area contributed by atoms with Crippen molar-refractivity contribution < 1.29 is 13.2 Å². The number of nitrogens with two attached hydrogens (primary N) is 1. The molecular formula is C15H18F3N3. The van der Waals surface area contributed by atoms with Crippen LogP contribution < -0.4 is 5.73 Å². The number of benzene rings is 1. The fraction of sp³-hybridized carbons (Fsp3) is 0.400. The number of alkyl halides is 3. The van der Waals surface area contributed by atoms with Crippen molar-refractivity contribution >= 4 is 0 Å². The number of hydrogen-bond donors (Lipinski definition) is 1. The second-order valence-corrected chi connectivity index (χ2v) is 4.74. The van der Waals surface area contributed by atoms with Crippen LogP contribution in [0, 0.1) is 0 Å². The van der Waals surface area contributed by atoms with Crippen molar-refractivity contribution in [1.29, 1.82) is 0 Å². The van der Waals surface area contributed by atoms with Crippen molar-refractivity contribution in [3.05, 3.63) is 46.8 Å². The van der Waals surface area contributed by atoms with Crippen LogP contribution in [0.1, 0.15) is 36.4 Å². The van der Waals surface area contributed by atoms with Crippen LogP contribution in [0.5, 0.6) is 0 Å². The average Bonchev–Trinajstić information content (AvgIpc) is 2.84. The van der Waals surface area contributed by atoms with Crippen LogP contribution in [0.2, 0.25) is 0 Å². The Balaban J connectivity index is 2.49. The minimum atomic E-state index is -4.33. The highest BCUT2D eigenvalue weighted by Crippen LogP contribution is 2.30. The first kappa shape index (κ1) is 15.6. The van der Waals surface area contributed by atoms with E-state index in [0.29, 0.717) is 12.2 Å². The third kappa shape index (κ3) is 2.95. The Morgan fingerprint density at radius 1 is 1.10 bits per heavy atom. The molecule has 0 saturated heterocycles. The van der Waals surface area contributed by atoms with Crippen molar-refractivity contribution in [2.75, 3.05) is 0 Å². The maximum Gasteiger partial charge on any atom is 0.416 e. The van der Waals surface area contributed by atoms with E-state index in [1.807, 2.05) is 13.8 Å². The predicted octanol–water partition coefficient (Wildman–Crippen LogP) is 3.47. The molecule has 0 aliphatic heterocycles. The van der Waals surface area contributed by atoms with E-state index in [1.54, 1.807) is 4.68 Å². The zero-order valence-electron chi connectivity index (χ0n) is 12.0. The molecule has 6 heteroatoms. The van der Waals surface area contributed by atoms with Crippen molar-refractivity contribution in [3.63, 3.8) is 0 Å². The maximum absolute atomic E-state index is 12.6. The van der Waals surface area contributed by atoms with E-state index in [2.05, 4.69) is 5.10 Å². The molecule has 0 unspecified atom stereocenters. The summed E-state index contributed by atoms with van der Waals surface area (Å²) in [7, 11) is 0. The number of rotatable bonds is 4. The molecule has 0 atom stereocenters. The zero-order chi connectivity index (χ0) is 15.6. The first-order valence-corrected chi connectivity index (χ1v) is 6.89. The molecule has 1 heterocycles. The summed E-state index contributed by atoms with van der Waals surface area (Å²) in [5, 5.41) is 4.49. The van der Waals surface area contributed by atoms with Crippen LogP contribution >= 0.6 is 0 Å². The molecule has 0 fully saturated rings. The van der Waals surface area contributed by atoms with Crippen LogP contribution in [0.15, 0.2) is 24.3 Å². The topological polar surface area (TPSA) is 43.8 Å². The Labute approximate surface area is 121 Å². The lowest BCUT2D eigenvalue weighted by molar-refractivity contribution is -0.137. The number of aromatic nitrogens is 2. The molecule has 0 aliphatic rings. The number of nitrogens with zero attached hydrogens (tertiary/aromatic N) is 2. The molecule has 1 aromatic carbocycles. The molecule has 0 amide bonds. The summed E-state index contributed by atoms with van der Waals surface area (Å²) in [5.74, 6) is 0. The number of halogens is 3. The van der Waals surface area contributed by atoms with Gasteiger partial charge in [0, 0.05) is 17.8 Å². The summed E-state index contributed by atoms with van der Waals surface area (Å²) in [6.45, 7) is 4.35. The Bertz CT molecular complexity index is 612. The SMILES string of the molecule is CCc1nn(-c2ccc(C(F)(F)F)cc2)c(CC)c1CN. The molecule has 21 heavy (non-hydrogen) atoms. The predicted molar refractivity (Wildman–Crippen MR) is 75.2 cm³/mol. The average molecular weight is 297 g/mol. The highest BCUT2D eigenvalue weighted by molar-refractivity contribution is 5.40. The summed E-state index contributed by atoms with van der Waals surface area (Å²) >= 11 is 0. The Morgan fingerprint density at radius 3 is 2.14 bits per heavy atom. The minimum Gasteiger partial charge on any atom is -0.326 e. The monoisotopic (exact) mass is 297 g/mol. The zero-order valence-corrected chi connectivity index (χ0v) is 12.0. The molecular weight excluding hydrogens is 279 g/mol. The lowest BCUT2D eigenvalue weighted by Crippen LogP contribution is -2.07. The Morgan fingerprint density at radius 2 is 1.71 bits per heavy atom. The van der Waals surface area contributed by atoms with Crippen LogP contribution in [0.4, 0.5) is 13.2 Å². The van der Waals surface area contributed by atoms with Gasteiger partial charge in [-0.2, -0.15) is 18.3 Å². The van der Waals surface area contributed by atoms with Crippen molar-refractivity contribution in [3.8, 4) is 5.69 Å². The molecule has 114 valence electrons. The molecule has 0 saturated carbocycles. The molecule has 0 bridgehead atoms. The number of hydrogen-bond acceptors (Lipinski definition) is 2. The van der Waals surface area contributed by atoms with Gasteiger partial charge < -0.3 is 5.73 Å².